The fraction of sp³-hybridized carbons (Fsp3) is 0.867. The zero-order chi connectivity index (χ0) is 14.9. The van der Waals surface area contributed by atoms with Gasteiger partial charge in [0.15, 0.2) is 0 Å². The van der Waals surface area contributed by atoms with Crippen LogP contribution in [0.3, 0.4) is 0 Å². The highest BCUT2D eigenvalue weighted by molar-refractivity contribution is 5.91. The number of rotatable bonds is 2. The largest absolute Gasteiger partial charge is 0.381 e. The van der Waals surface area contributed by atoms with Crippen molar-refractivity contribution in [3.05, 3.63) is 0 Å². The van der Waals surface area contributed by atoms with Gasteiger partial charge in [0.1, 0.15) is 6.04 Å². The van der Waals surface area contributed by atoms with E-state index in [1.807, 2.05) is 32.6 Å². The summed E-state index contributed by atoms with van der Waals surface area (Å²) >= 11 is 0. The van der Waals surface area contributed by atoms with Gasteiger partial charge < -0.3 is 15.0 Å². The molecule has 2 amide bonds. The van der Waals surface area contributed by atoms with Crippen LogP contribution in [0.1, 0.15) is 40.5 Å². The number of hydrogen-bond donors (Lipinski definition) is 1. The van der Waals surface area contributed by atoms with Crippen molar-refractivity contribution in [2.45, 2.75) is 52.6 Å². The predicted molar refractivity (Wildman–Crippen MR) is 76.1 cm³/mol. The molecule has 0 radical (unpaired) electrons. The summed E-state index contributed by atoms with van der Waals surface area (Å²) in [5.74, 6) is 0.411. The molecule has 0 aromatic rings. The molecule has 0 spiro atoms. The van der Waals surface area contributed by atoms with Crippen LogP contribution in [-0.2, 0) is 14.3 Å². The predicted octanol–water partition coefficient (Wildman–Crippen LogP) is 1.17. The molecule has 2 saturated heterocycles. The van der Waals surface area contributed by atoms with Crippen molar-refractivity contribution < 1.29 is 14.3 Å². The normalized spacial score (nSPS) is 32.2. The van der Waals surface area contributed by atoms with Crippen LogP contribution in [0.2, 0.25) is 0 Å². The summed E-state index contributed by atoms with van der Waals surface area (Å²) in [5, 5.41) is 2.89. The quantitative estimate of drug-likeness (QED) is 0.827. The smallest absolute Gasteiger partial charge is 0.245 e. The average molecular weight is 282 g/mol. The number of carbonyl (C=O) groups is 2. The highest BCUT2D eigenvalue weighted by atomic mass is 16.5. The molecule has 2 aliphatic rings. The molecule has 0 aromatic carbocycles. The second-order valence-electron chi connectivity index (χ2n) is 7.14. The van der Waals surface area contributed by atoms with E-state index in [4.69, 9.17) is 4.74 Å². The number of hydrogen-bond acceptors (Lipinski definition) is 3. The lowest BCUT2D eigenvalue weighted by molar-refractivity contribution is -0.138. The molecular weight excluding hydrogens is 256 g/mol. The van der Waals surface area contributed by atoms with E-state index in [0.717, 1.165) is 19.6 Å². The van der Waals surface area contributed by atoms with Gasteiger partial charge in [-0.15, -0.1) is 0 Å². The summed E-state index contributed by atoms with van der Waals surface area (Å²) in [5.41, 5.74) is -0.277. The Hall–Kier alpha value is -1.10. The molecule has 0 aromatic heterocycles. The Morgan fingerprint density at radius 3 is 2.60 bits per heavy atom. The Morgan fingerprint density at radius 2 is 2.05 bits per heavy atom. The number of amides is 2. The average Bonchev–Trinajstić information content (AvgIpc) is 2.79. The van der Waals surface area contributed by atoms with Gasteiger partial charge in [-0.1, -0.05) is 20.8 Å². The van der Waals surface area contributed by atoms with Crippen LogP contribution in [0.25, 0.3) is 0 Å². The summed E-state index contributed by atoms with van der Waals surface area (Å²) in [6.45, 7) is 10.1. The van der Waals surface area contributed by atoms with E-state index in [9.17, 15) is 9.59 Å². The van der Waals surface area contributed by atoms with E-state index in [1.165, 1.54) is 0 Å². The topological polar surface area (TPSA) is 58.6 Å². The molecule has 0 saturated carbocycles. The Kier molecular flexibility index (Phi) is 4.37. The van der Waals surface area contributed by atoms with Gasteiger partial charge in [0.2, 0.25) is 11.8 Å². The number of carbonyl (C=O) groups excluding carboxylic acids is 2. The maximum atomic E-state index is 12.8. The third kappa shape index (κ3) is 3.32. The maximum Gasteiger partial charge on any atom is 0.245 e. The molecule has 114 valence electrons. The SMILES string of the molecule is CC1CC(=O)NC(C(C)(C)C)C(=O)N1CC1CCOC1. The summed E-state index contributed by atoms with van der Waals surface area (Å²) in [6, 6.07) is -0.488. The van der Waals surface area contributed by atoms with E-state index >= 15 is 0 Å². The molecule has 5 nitrogen and oxygen atoms in total. The van der Waals surface area contributed by atoms with Crippen LogP contribution in [0, 0.1) is 11.3 Å². The minimum atomic E-state index is -0.442. The van der Waals surface area contributed by atoms with Gasteiger partial charge in [-0.05, 0) is 18.8 Å². The lowest BCUT2D eigenvalue weighted by atomic mass is 9.85. The van der Waals surface area contributed by atoms with Gasteiger partial charge in [0, 0.05) is 31.5 Å². The van der Waals surface area contributed by atoms with Gasteiger partial charge in [0.05, 0.1) is 6.61 Å². The van der Waals surface area contributed by atoms with Crippen LogP contribution in [0.5, 0.6) is 0 Å². The zero-order valence-electron chi connectivity index (χ0n) is 12.9. The maximum absolute atomic E-state index is 12.8. The molecule has 2 aliphatic heterocycles. The minimum absolute atomic E-state index is 0.0315. The van der Waals surface area contributed by atoms with Crippen molar-refractivity contribution in [1.29, 1.82) is 0 Å². The fourth-order valence-corrected chi connectivity index (χ4v) is 2.91. The third-order valence-electron chi connectivity index (χ3n) is 4.19. The number of ether oxygens (including phenoxy) is 1. The number of nitrogens with one attached hydrogen (secondary N) is 1. The fourth-order valence-electron chi connectivity index (χ4n) is 2.91. The first-order valence-electron chi connectivity index (χ1n) is 7.46. The van der Waals surface area contributed by atoms with E-state index in [2.05, 4.69) is 5.32 Å². The van der Waals surface area contributed by atoms with Crippen LogP contribution in [-0.4, -0.2) is 48.6 Å². The van der Waals surface area contributed by atoms with Gasteiger partial charge in [-0.3, -0.25) is 9.59 Å². The molecular formula is C15H26N2O3. The number of nitrogens with zero attached hydrogens (tertiary/aromatic N) is 1. The van der Waals surface area contributed by atoms with Crippen molar-refractivity contribution >= 4 is 11.8 Å². The van der Waals surface area contributed by atoms with Gasteiger partial charge in [0.25, 0.3) is 0 Å². The Morgan fingerprint density at radius 1 is 1.35 bits per heavy atom. The molecule has 2 fully saturated rings. The summed E-state index contributed by atoms with van der Waals surface area (Å²) < 4.78 is 5.40. The van der Waals surface area contributed by atoms with Crippen LogP contribution in [0.4, 0.5) is 0 Å². The van der Waals surface area contributed by atoms with Crippen LogP contribution < -0.4 is 5.32 Å². The zero-order valence-corrected chi connectivity index (χ0v) is 12.9. The van der Waals surface area contributed by atoms with Crippen LogP contribution in [0.15, 0.2) is 0 Å². The highest BCUT2D eigenvalue weighted by Crippen LogP contribution is 2.26. The summed E-state index contributed by atoms with van der Waals surface area (Å²) in [6.07, 6.45) is 1.38. The van der Waals surface area contributed by atoms with Gasteiger partial charge >= 0.3 is 0 Å². The Labute approximate surface area is 121 Å². The lowest BCUT2D eigenvalue weighted by Gasteiger charge is -2.35. The van der Waals surface area contributed by atoms with E-state index in [0.29, 0.717) is 18.9 Å². The molecule has 0 bridgehead atoms. The van der Waals surface area contributed by atoms with Gasteiger partial charge in [-0.25, -0.2) is 0 Å². The minimum Gasteiger partial charge on any atom is -0.381 e. The van der Waals surface area contributed by atoms with Crippen LogP contribution >= 0.6 is 0 Å². The first-order valence-corrected chi connectivity index (χ1v) is 7.46. The van der Waals surface area contributed by atoms with Crippen molar-refractivity contribution in [1.82, 2.24) is 10.2 Å². The van der Waals surface area contributed by atoms with Crippen molar-refractivity contribution in [2.75, 3.05) is 19.8 Å². The van der Waals surface area contributed by atoms with E-state index < -0.39 is 6.04 Å². The second kappa shape index (κ2) is 5.72. The first kappa shape index (κ1) is 15.3. The molecule has 20 heavy (non-hydrogen) atoms. The van der Waals surface area contributed by atoms with E-state index in [-0.39, 0.29) is 23.3 Å². The molecule has 2 rings (SSSR count). The molecule has 2 heterocycles. The molecule has 5 heteroatoms. The highest BCUT2D eigenvalue weighted by Gasteiger charge is 2.41. The Balaban J connectivity index is 2.18. The standard InChI is InChI=1S/C15H26N2O3/c1-10-7-12(18)16-13(15(2,3)4)14(19)17(10)8-11-5-6-20-9-11/h10-11,13H,5-9H2,1-4H3,(H,16,18). The molecule has 0 aliphatic carbocycles. The molecule has 1 N–H and O–H groups in total. The van der Waals surface area contributed by atoms with Crippen molar-refractivity contribution in [2.24, 2.45) is 11.3 Å². The third-order valence-corrected chi connectivity index (χ3v) is 4.19. The lowest BCUT2D eigenvalue weighted by Crippen LogP contribution is -2.53. The van der Waals surface area contributed by atoms with Crippen molar-refractivity contribution in [3.8, 4) is 0 Å². The van der Waals surface area contributed by atoms with E-state index in [1.54, 1.807) is 0 Å². The second-order valence-corrected chi connectivity index (χ2v) is 7.14. The first-order chi connectivity index (χ1) is 9.29. The molecule has 3 unspecified atom stereocenters. The van der Waals surface area contributed by atoms with Gasteiger partial charge in [-0.2, -0.15) is 0 Å². The monoisotopic (exact) mass is 282 g/mol. The Bertz CT molecular complexity index is 383. The molecule has 3 atom stereocenters. The van der Waals surface area contributed by atoms with Crippen molar-refractivity contribution in [3.63, 3.8) is 0 Å². The summed E-state index contributed by atoms with van der Waals surface area (Å²) in [4.78, 5) is 26.7. The summed E-state index contributed by atoms with van der Waals surface area (Å²) in [7, 11) is 0.